The minimum Gasteiger partial charge on any atom is -0.466 e. The van der Waals surface area contributed by atoms with E-state index in [9.17, 15) is 19.8 Å². The van der Waals surface area contributed by atoms with Gasteiger partial charge in [0.2, 0.25) is 0 Å². The van der Waals surface area contributed by atoms with Crippen LogP contribution in [0.3, 0.4) is 0 Å². The quantitative estimate of drug-likeness (QED) is 0.0464. The van der Waals surface area contributed by atoms with Gasteiger partial charge in [-0.25, -0.2) is 0 Å². The first-order valence-electron chi connectivity index (χ1n) is 24.3. The van der Waals surface area contributed by atoms with Crippen molar-refractivity contribution in [2.24, 2.45) is 11.8 Å². The number of rotatable bonds is 44. The molecule has 8 heteroatoms. The van der Waals surface area contributed by atoms with Crippen molar-refractivity contribution in [3.63, 3.8) is 0 Å². The Hall–Kier alpha value is -1.22. The van der Waals surface area contributed by atoms with Crippen LogP contribution in [0.2, 0.25) is 0 Å². The number of likely N-dealkylation sites (N-methyl/N-ethyl adjacent to an activating group) is 1. The molecule has 56 heavy (non-hydrogen) atoms. The maximum absolute atomic E-state index is 12.6. The largest absolute Gasteiger partial charge is 0.466 e. The lowest BCUT2D eigenvalue weighted by atomic mass is 9.92. The Morgan fingerprint density at radius 1 is 0.482 bits per heavy atom. The van der Waals surface area contributed by atoms with Crippen LogP contribution in [-0.2, 0) is 19.1 Å². The lowest BCUT2D eigenvalue weighted by molar-refractivity contribution is -0.145. The Kier molecular flexibility index (Phi) is 41.0. The van der Waals surface area contributed by atoms with Crippen LogP contribution < -0.4 is 0 Å². The molecule has 0 unspecified atom stereocenters. The van der Waals surface area contributed by atoms with Crippen molar-refractivity contribution in [3.8, 4) is 0 Å². The lowest BCUT2D eigenvalue weighted by Crippen LogP contribution is -2.40. The summed E-state index contributed by atoms with van der Waals surface area (Å²) in [4.78, 5) is 29.4. The van der Waals surface area contributed by atoms with Crippen molar-refractivity contribution in [3.05, 3.63) is 0 Å². The van der Waals surface area contributed by atoms with Gasteiger partial charge in [-0.05, 0) is 70.5 Å². The molecular weight excluding hydrogens is 701 g/mol. The molecule has 0 fully saturated rings. The second kappa shape index (κ2) is 41.9. The number of hydrogen-bond acceptors (Lipinski definition) is 8. The highest BCUT2D eigenvalue weighted by atomic mass is 16.5. The van der Waals surface area contributed by atoms with Crippen molar-refractivity contribution in [2.75, 3.05) is 59.6 Å². The second-order valence-electron chi connectivity index (χ2n) is 17.2. The molecule has 0 heterocycles. The minimum absolute atomic E-state index is 0.0666. The number of nitrogens with zero attached hydrogens (tertiary/aromatic N) is 2. The topological polar surface area (TPSA) is 99.5 Å². The van der Waals surface area contributed by atoms with Crippen molar-refractivity contribution in [1.29, 1.82) is 0 Å². The van der Waals surface area contributed by atoms with E-state index in [1.54, 1.807) is 0 Å². The van der Waals surface area contributed by atoms with E-state index in [0.717, 1.165) is 64.5 Å². The van der Waals surface area contributed by atoms with Gasteiger partial charge in [-0.1, -0.05) is 169 Å². The molecule has 8 nitrogen and oxygen atoms in total. The van der Waals surface area contributed by atoms with Crippen LogP contribution in [-0.4, -0.2) is 97.6 Å². The molecule has 0 aliphatic carbocycles. The van der Waals surface area contributed by atoms with Crippen molar-refractivity contribution in [1.82, 2.24) is 9.80 Å². The molecule has 0 aliphatic heterocycles. The van der Waals surface area contributed by atoms with Gasteiger partial charge in [0.15, 0.2) is 0 Å². The summed E-state index contributed by atoms with van der Waals surface area (Å²) >= 11 is 0. The van der Waals surface area contributed by atoms with Gasteiger partial charge < -0.3 is 29.5 Å². The zero-order chi connectivity index (χ0) is 41.3. The summed E-state index contributed by atoms with van der Waals surface area (Å²) in [6, 6.07) is 0. The van der Waals surface area contributed by atoms with Crippen LogP contribution in [0.1, 0.15) is 220 Å². The third-order valence-corrected chi connectivity index (χ3v) is 11.6. The summed E-state index contributed by atoms with van der Waals surface area (Å²) in [5, 5.41) is 20.1. The molecule has 0 bridgehead atoms. The number of aliphatic hydroxyl groups is 2. The molecule has 0 aliphatic rings. The van der Waals surface area contributed by atoms with Crippen LogP contribution in [0.4, 0.5) is 0 Å². The molecule has 0 rings (SSSR count). The van der Waals surface area contributed by atoms with E-state index in [-0.39, 0.29) is 18.5 Å². The Bertz CT molecular complexity index is 764. The molecule has 1 atom stereocenters. The molecule has 0 saturated heterocycles. The number of aliphatic hydroxyl groups excluding tert-OH is 2. The Morgan fingerprint density at radius 2 is 0.857 bits per heavy atom. The maximum atomic E-state index is 12.6. The summed E-state index contributed by atoms with van der Waals surface area (Å²) in [6.45, 7) is 13.6. The maximum Gasteiger partial charge on any atom is 0.305 e. The molecule has 0 spiro atoms. The SMILES string of the molecule is CCCCCCC(CCCCCC)CCOC(=O)CCCCCN(CCCCCC(=O)OCCC(CCCCCC)CCCCCC)C[C@H](O)CN(C)CCO. The van der Waals surface area contributed by atoms with Gasteiger partial charge in [-0.2, -0.15) is 0 Å². The standard InChI is InChI=1S/C48H96N2O6/c1-6-10-14-20-28-44(29-21-15-11-7-2)34-40-55-47(53)32-24-18-26-36-50(43-46(52)42-49(5)38-39-51)37-27-19-25-33-48(54)56-41-35-45(30-22-16-12-8-3)31-23-17-13-9-4/h44-46,51-52H,6-43H2,1-5H3/t46-/m1/s1. The van der Waals surface area contributed by atoms with E-state index >= 15 is 0 Å². The van der Waals surface area contributed by atoms with Crippen LogP contribution >= 0.6 is 0 Å². The number of hydrogen-bond donors (Lipinski definition) is 2. The van der Waals surface area contributed by atoms with Gasteiger partial charge in [-0.15, -0.1) is 0 Å². The van der Waals surface area contributed by atoms with Crippen LogP contribution in [0.5, 0.6) is 0 Å². The molecule has 0 aromatic rings. The van der Waals surface area contributed by atoms with E-state index in [2.05, 4.69) is 32.6 Å². The number of carbonyl (C=O) groups is 2. The summed E-state index contributed by atoms with van der Waals surface area (Å²) in [5.41, 5.74) is 0. The lowest BCUT2D eigenvalue weighted by Gasteiger charge is -2.27. The molecule has 0 saturated carbocycles. The predicted octanol–water partition coefficient (Wildman–Crippen LogP) is 11.7. The summed E-state index contributed by atoms with van der Waals surface area (Å²) in [5.74, 6) is 1.21. The monoisotopic (exact) mass is 797 g/mol. The highest BCUT2D eigenvalue weighted by Crippen LogP contribution is 2.23. The molecule has 334 valence electrons. The predicted molar refractivity (Wildman–Crippen MR) is 237 cm³/mol. The fourth-order valence-corrected chi connectivity index (χ4v) is 7.96. The first kappa shape index (κ1) is 54.8. The van der Waals surface area contributed by atoms with Crippen LogP contribution in [0, 0.1) is 11.8 Å². The number of esters is 2. The van der Waals surface area contributed by atoms with E-state index in [4.69, 9.17) is 9.47 Å². The summed E-state index contributed by atoms with van der Waals surface area (Å²) in [6.07, 6.45) is 33.7. The highest BCUT2D eigenvalue weighted by Gasteiger charge is 2.16. The average Bonchev–Trinajstić information content (AvgIpc) is 3.17. The molecule has 0 aromatic carbocycles. The Labute approximate surface area is 348 Å². The fourth-order valence-electron chi connectivity index (χ4n) is 7.96. The zero-order valence-electron chi connectivity index (χ0n) is 38.0. The molecule has 2 N–H and O–H groups in total. The van der Waals surface area contributed by atoms with Crippen LogP contribution in [0.15, 0.2) is 0 Å². The van der Waals surface area contributed by atoms with Crippen molar-refractivity contribution in [2.45, 2.75) is 226 Å². The van der Waals surface area contributed by atoms with Gasteiger partial charge in [0.25, 0.3) is 0 Å². The van der Waals surface area contributed by atoms with E-state index in [1.807, 2.05) is 11.9 Å². The summed E-state index contributed by atoms with van der Waals surface area (Å²) < 4.78 is 11.4. The van der Waals surface area contributed by atoms with Gasteiger partial charge in [0, 0.05) is 32.5 Å². The Balaban J connectivity index is 4.58. The van der Waals surface area contributed by atoms with Crippen molar-refractivity contribution >= 4 is 11.9 Å². The molecule has 0 radical (unpaired) electrons. The average molecular weight is 797 g/mol. The third kappa shape index (κ3) is 37.1. The van der Waals surface area contributed by atoms with Gasteiger partial charge >= 0.3 is 11.9 Å². The van der Waals surface area contributed by atoms with Crippen LogP contribution in [0.25, 0.3) is 0 Å². The smallest absolute Gasteiger partial charge is 0.305 e. The summed E-state index contributed by atoms with van der Waals surface area (Å²) in [7, 11) is 1.92. The second-order valence-corrected chi connectivity index (χ2v) is 17.2. The highest BCUT2D eigenvalue weighted by molar-refractivity contribution is 5.69. The molecule has 0 amide bonds. The normalized spacial score (nSPS) is 12.4. The number of unbranched alkanes of at least 4 members (excludes halogenated alkanes) is 16. The first-order valence-corrected chi connectivity index (χ1v) is 24.3. The van der Waals surface area contributed by atoms with Crippen molar-refractivity contribution < 1.29 is 29.3 Å². The van der Waals surface area contributed by atoms with E-state index in [0.29, 0.717) is 57.5 Å². The fraction of sp³-hybridized carbons (Fsp3) is 0.958. The molecular formula is C48H96N2O6. The van der Waals surface area contributed by atoms with Gasteiger partial charge in [0.1, 0.15) is 0 Å². The van der Waals surface area contributed by atoms with E-state index in [1.165, 1.54) is 128 Å². The van der Waals surface area contributed by atoms with Gasteiger partial charge in [0.05, 0.1) is 25.9 Å². The zero-order valence-corrected chi connectivity index (χ0v) is 38.0. The first-order chi connectivity index (χ1) is 27.3. The number of carbonyl (C=O) groups excluding carboxylic acids is 2. The number of ether oxygens (including phenoxy) is 2. The molecule has 0 aromatic heterocycles. The van der Waals surface area contributed by atoms with Gasteiger partial charge in [-0.3, -0.25) is 9.59 Å². The Morgan fingerprint density at radius 3 is 1.21 bits per heavy atom. The third-order valence-electron chi connectivity index (χ3n) is 11.6. The minimum atomic E-state index is -0.499. The van der Waals surface area contributed by atoms with E-state index < -0.39 is 6.10 Å².